The van der Waals surface area contributed by atoms with Gasteiger partial charge >= 0.3 is 0 Å². The Morgan fingerprint density at radius 3 is 2.88 bits per heavy atom. The van der Waals surface area contributed by atoms with E-state index >= 15 is 0 Å². The van der Waals surface area contributed by atoms with Crippen LogP contribution in [0.15, 0.2) is 22.8 Å². The number of nitrogens with zero attached hydrogens (tertiary/aromatic N) is 2. The maximum Gasteiger partial charge on any atom is 0.272 e. The van der Waals surface area contributed by atoms with Gasteiger partial charge in [-0.1, -0.05) is 6.07 Å². The van der Waals surface area contributed by atoms with E-state index in [1.54, 1.807) is 23.1 Å². The summed E-state index contributed by atoms with van der Waals surface area (Å²) in [5.74, 6) is -0.0998. The number of pyridine rings is 1. The van der Waals surface area contributed by atoms with Gasteiger partial charge in [-0.25, -0.2) is 4.98 Å². The van der Waals surface area contributed by atoms with Crippen LogP contribution in [0.2, 0.25) is 0 Å². The van der Waals surface area contributed by atoms with Gasteiger partial charge in [0.25, 0.3) is 5.91 Å². The Morgan fingerprint density at radius 2 is 2.31 bits per heavy atom. The van der Waals surface area contributed by atoms with Crippen LogP contribution in [0, 0.1) is 0 Å². The number of carbonyl (C=O) groups excluding carboxylic acids is 1. The maximum absolute atomic E-state index is 12.0. The summed E-state index contributed by atoms with van der Waals surface area (Å²) in [7, 11) is 0. The highest BCUT2D eigenvalue weighted by Gasteiger charge is 2.14. The molecule has 4 nitrogen and oxygen atoms in total. The van der Waals surface area contributed by atoms with Crippen LogP contribution in [0.1, 0.15) is 23.8 Å². The minimum Gasteiger partial charge on any atom is -0.396 e. The summed E-state index contributed by atoms with van der Waals surface area (Å²) in [5, 5.41) is 8.75. The quantitative estimate of drug-likeness (QED) is 0.838. The maximum atomic E-state index is 12.0. The molecule has 1 amide bonds. The zero-order chi connectivity index (χ0) is 12.0. The Labute approximate surface area is 103 Å². The Hall–Kier alpha value is -0.940. The Morgan fingerprint density at radius 1 is 1.56 bits per heavy atom. The van der Waals surface area contributed by atoms with E-state index in [-0.39, 0.29) is 12.5 Å². The standard InChI is InChI=1S/C11H15BrN2O2/c1-2-14(7-4-8-15)11(16)9-5-3-6-10(12)13-9/h3,5-6,15H,2,4,7-8H2,1H3. The minimum atomic E-state index is -0.0998. The zero-order valence-corrected chi connectivity index (χ0v) is 10.8. The van der Waals surface area contributed by atoms with Gasteiger partial charge in [-0.3, -0.25) is 4.79 Å². The molecule has 0 spiro atoms. The molecule has 1 rings (SSSR count). The van der Waals surface area contributed by atoms with E-state index in [0.717, 1.165) is 0 Å². The van der Waals surface area contributed by atoms with Crippen molar-refractivity contribution in [2.75, 3.05) is 19.7 Å². The fourth-order valence-electron chi connectivity index (χ4n) is 1.35. The summed E-state index contributed by atoms with van der Waals surface area (Å²) >= 11 is 3.23. The van der Waals surface area contributed by atoms with Crippen molar-refractivity contribution < 1.29 is 9.90 Å². The number of aromatic nitrogens is 1. The van der Waals surface area contributed by atoms with Gasteiger partial charge < -0.3 is 10.0 Å². The van der Waals surface area contributed by atoms with Crippen LogP contribution >= 0.6 is 15.9 Å². The molecule has 5 heteroatoms. The molecule has 0 unspecified atom stereocenters. The van der Waals surface area contributed by atoms with Crippen molar-refractivity contribution in [1.29, 1.82) is 0 Å². The van der Waals surface area contributed by atoms with Crippen molar-refractivity contribution in [2.45, 2.75) is 13.3 Å². The van der Waals surface area contributed by atoms with Gasteiger partial charge in [0.05, 0.1) is 0 Å². The summed E-state index contributed by atoms with van der Waals surface area (Å²) in [5.41, 5.74) is 0.425. The predicted molar refractivity (Wildman–Crippen MR) is 65.2 cm³/mol. The minimum absolute atomic E-state index is 0.0929. The molecule has 1 N–H and O–H groups in total. The van der Waals surface area contributed by atoms with Crippen molar-refractivity contribution in [3.63, 3.8) is 0 Å². The fourth-order valence-corrected chi connectivity index (χ4v) is 1.70. The third-order valence-corrected chi connectivity index (χ3v) is 2.63. The van der Waals surface area contributed by atoms with E-state index in [0.29, 0.717) is 29.8 Å². The summed E-state index contributed by atoms with van der Waals surface area (Å²) in [6.07, 6.45) is 0.591. The molecule has 88 valence electrons. The summed E-state index contributed by atoms with van der Waals surface area (Å²) in [6, 6.07) is 5.25. The number of carbonyl (C=O) groups is 1. The Bertz CT molecular complexity index is 358. The van der Waals surface area contributed by atoms with Gasteiger partial charge in [-0.05, 0) is 41.4 Å². The second-order valence-electron chi connectivity index (χ2n) is 3.31. The van der Waals surface area contributed by atoms with Crippen molar-refractivity contribution in [2.24, 2.45) is 0 Å². The Kier molecular flexibility index (Phi) is 5.42. The van der Waals surface area contributed by atoms with Crippen molar-refractivity contribution >= 4 is 21.8 Å². The lowest BCUT2D eigenvalue weighted by Gasteiger charge is -2.19. The topological polar surface area (TPSA) is 53.4 Å². The number of amides is 1. The van der Waals surface area contributed by atoms with Crippen LogP contribution in [0.5, 0.6) is 0 Å². The molecule has 0 bridgehead atoms. The predicted octanol–water partition coefficient (Wildman–Crippen LogP) is 1.69. The lowest BCUT2D eigenvalue weighted by Crippen LogP contribution is -2.32. The van der Waals surface area contributed by atoms with Gasteiger partial charge in [0, 0.05) is 19.7 Å². The molecular weight excluding hydrogens is 272 g/mol. The molecule has 0 aromatic carbocycles. The fraction of sp³-hybridized carbons (Fsp3) is 0.455. The SMILES string of the molecule is CCN(CCCO)C(=O)c1cccc(Br)n1. The summed E-state index contributed by atoms with van der Waals surface area (Å²) in [6.45, 7) is 3.18. The van der Waals surface area contributed by atoms with Crippen LogP contribution in [-0.2, 0) is 0 Å². The largest absolute Gasteiger partial charge is 0.396 e. The van der Waals surface area contributed by atoms with Gasteiger partial charge in [-0.15, -0.1) is 0 Å². The number of aliphatic hydroxyl groups excluding tert-OH is 1. The van der Waals surface area contributed by atoms with E-state index in [9.17, 15) is 4.79 Å². The first kappa shape index (κ1) is 13.1. The highest BCUT2D eigenvalue weighted by Crippen LogP contribution is 2.08. The molecule has 1 heterocycles. The highest BCUT2D eigenvalue weighted by atomic mass is 79.9. The lowest BCUT2D eigenvalue weighted by atomic mass is 10.3. The molecule has 0 aliphatic rings. The van der Waals surface area contributed by atoms with Crippen LogP contribution < -0.4 is 0 Å². The van der Waals surface area contributed by atoms with E-state index in [1.165, 1.54) is 0 Å². The number of hydrogen-bond acceptors (Lipinski definition) is 3. The monoisotopic (exact) mass is 286 g/mol. The van der Waals surface area contributed by atoms with Crippen LogP contribution in [-0.4, -0.2) is 40.6 Å². The second-order valence-corrected chi connectivity index (χ2v) is 4.12. The third-order valence-electron chi connectivity index (χ3n) is 2.19. The zero-order valence-electron chi connectivity index (χ0n) is 9.19. The molecule has 0 radical (unpaired) electrons. The highest BCUT2D eigenvalue weighted by molar-refractivity contribution is 9.10. The van der Waals surface area contributed by atoms with Crippen molar-refractivity contribution in [3.8, 4) is 0 Å². The van der Waals surface area contributed by atoms with Crippen LogP contribution in [0.25, 0.3) is 0 Å². The average molecular weight is 287 g/mol. The van der Waals surface area contributed by atoms with E-state index in [4.69, 9.17) is 5.11 Å². The number of halogens is 1. The molecule has 0 saturated carbocycles. The third kappa shape index (κ3) is 3.57. The van der Waals surface area contributed by atoms with Gasteiger partial charge in [-0.2, -0.15) is 0 Å². The molecular formula is C11H15BrN2O2. The molecule has 0 aliphatic carbocycles. The van der Waals surface area contributed by atoms with Crippen molar-refractivity contribution in [1.82, 2.24) is 9.88 Å². The number of hydrogen-bond donors (Lipinski definition) is 1. The van der Waals surface area contributed by atoms with E-state index < -0.39 is 0 Å². The first-order valence-electron chi connectivity index (χ1n) is 5.21. The Balaban J connectivity index is 2.74. The molecule has 0 fully saturated rings. The molecule has 1 aromatic heterocycles. The second kappa shape index (κ2) is 6.60. The van der Waals surface area contributed by atoms with Crippen molar-refractivity contribution in [3.05, 3.63) is 28.5 Å². The van der Waals surface area contributed by atoms with Crippen LogP contribution in [0.3, 0.4) is 0 Å². The molecule has 0 saturated heterocycles. The average Bonchev–Trinajstić information content (AvgIpc) is 2.29. The molecule has 0 aliphatic heterocycles. The first-order valence-corrected chi connectivity index (χ1v) is 6.01. The van der Waals surface area contributed by atoms with Gasteiger partial charge in [0.1, 0.15) is 10.3 Å². The summed E-state index contributed by atoms with van der Waals surface area (Å²) in [4.78, 5) is 17.8. The van der Waals surface area contributed by atoms with Gasteiger partial charge in [0.15, 0.2) is 0 Å². The first-order chi connectivity index (χ1) is 7.69. The van der Waals surface area contributed by atoms with E-state index in [1.807, 2.05) is 6.92 Å². The molecule has 0 atom stereocenters. The van der Waals surface area contributed by atoms with E-state index in [2.05, 4.69) is 20.9 Å². The van der Waals surface area contributed by atoms with Gasteiger partial charge in [0.2, 0.25) is 0 Å². The summed E-state index contributed by atoms with van der Waals surface area (Å²) < 4.78 is 0.650. The number of aliphatic hydroxyl groups is 1. The smallest absolute Gasteiger partial charge is 0.272 e. The molecule has 1 aromatic rings. The number of rotatable bonds is 5. The normalized spacial score (nSPS) is 10.2. The van der Waals surface area contributed by atoms with Crippen LogP contribution in [0.4, 0.5) is 0 Å². The molecule has 16 heavy (non-hydrogen) atoms. The lowest BCUT2D eigenvalue weighted by molar-refractivity contribution is 0.0748.